The molecule has 1 unspecified atom stereocenters. The highest BCUT2D eigenvalue weighted by Crippen LogP contribution is 2.31. The lowest BCUT2D eigenvalue weighted by Crippen LogP contribution is -2.29. The van der Waals surface area contributed by atoms with Gasteiger partial charge >= 0.3 is 0 Å². The summed E-state index contributed by atoms with van der Waals surface area (Å²) in [6.45, 7) is 12.5. The van der Waals surface area contributed by atoms with E-state index in [9.17, 15) is 9.50 Å². The summed E-state index contributed by atoms with van der Waals surface area (Å²) < 4.78 is 24.5. The smallest absolute Gasteiger partial charge is 0.163 e. The molecule has 3 atom stereocenters. The van der Waals surface area contributed by atoms with Gasteiger partial charge in [0.25, 0.3) is 0 Å². The summed E-state index contributed by atoms with van der Waals surface area (Å²) in [5, 5.41) is 10.4. The Labute approximate surface area is 147 Å². The van der Waals surface area contributed by atoms with Gasteiger partial charge in [0.05, 0.1) is 12.7 Å². The third kappa shape index (κ3) is 6.25. The highest BCUT2D eigenvalue weighted by molar-refractivity contribution is 7.27. The molecule has 0 spiro atoms. The first-order valence-electron chi connectivity index (χ1n) is 8.39. The fourth-order valence-corrected chi connectivity index (χ4v) is 3.00. The maximum Gasteiger partial charge on any atom is 0.163 e. The van der Waals surface area contributed by atoms with Crippen LogP contribution in [0, 0.1) is 11.7 Å². The number of aliphatic hydroxyl groups is 1. The molecule has 0 bridgehead atoms. The molecule has 1 aliphatic rings. The molecule has 24 heavy (non-hydrogen) atoms. The number of allylic oxidation sites excluding steroid dienone is 1. The molecule has 1 aromatic rings. The van der Waals surface area contributed by atoms with Gasteiger partial charge in [-0.05, 0) is 48.8 Å². The van der Waals surface area contributed by atoms with Crippen LogP contribution in [0.5, 0.6) is 0 Å². The van der Waals surface area contributed by atoms with Gasteiger partial charge in [-0.2, -0.15) is 0 Å². The Kier molecular flexibility index (Phi) is 8.52. The minimum atomic E-state index is -0.610. The van der Waals surface area contributed by atoms with Gasteiger partial charge in [0.2, 0.25) is 0 Å². The molecule has 1 aromatic carbocycles. The van der Waals surface area contributed by atoms with Crippen molar-refractivity contribution in [2.75, 3.05) is 13.2 Å². The van der Waals surface area contributed by atoms with E-state index in [1.165, 1.54) is 18.6 Å². The van der Waals surface area contributed by atoms with E-state index in [1.54, 1.807) is 6.07 Å². The molecule has 1 fully saturated rings. The predicted molar refractivity (Wildman–Crippen MR) is 101 cm³/mol. The van der Waals surface area contributed by atoms with Crippen molar-refractivity contribution >= 4 is 20.1 Å². The van der Waals surface area contributed by atoms with Crippen LogP contribution >= 0.6 is 9.24 Å². The van der Waals surface area contributed by atoms with Crippen molar-refractivity contribution in [3.05, 3.63) is 36.2 Å². The quantitative estimate of drug-likeness (QED) is 0.813. The Balaban J connectivity index is 0.000000891. The normalized spacial score (nSPS) is 20.2. The second-order valence-corrected chi connectivity index (χ2v) is 7.18. The maximum atomic E-state index is 13.2. The third-order valence-corrected chi connectivity index (χ3v) is 4.17. The number of hydrogen-bond acceptors (Lipinski definition) is 3. The van der Waals surface area contributed by atoms with Crippen LogP contribution in [0.15, 0.2) is 24.8 Å². The van der Waals surface area contributed by atoms with Crippen LogP contribution in [0.2, 0.25) is 0 Å². The lowest BCUT2D eigenvalue weighted by Gasteiger charge is -2.23. The van der Waals surface area contributed by atoms with E-state index in [-0.39, 0.29) is 24.4 Å². The SMILES string of the molecule is C=C(C[C@H](CO)[C@H]1COC(C)(C)O1)c1ccc(F)cc1P.CCC. The van der Waals surface area contributed by atoms with E-state index in [0.29, 0.717) is 13.0 Å². The van der Waals surface area contributed by atoms with Gasteiger partial charge in [-0.15, -0.1) is 9.24 Å². The molecule has 3 nitrogen and oxygen atoms in total. The molecular formula is C19H30FO3P. The third-order valence-electron chi connectivity index (χ3n) is 3.69. The van der Waals surface area contributed by atoms with Crippen LogP contribution in [0.4, 0.5) is 4.39 Å². The minimum Gasteiger partial charge on any atom is -0.396 e. The van der Waals surface area contributed by atoms with Gasteiger partial charge in [0.1, 0.15) is 5.82 Å². The first-order valence-corrected chi connectivity index (χ1v) is 8.97. The van der Waals surface area contributed by atoms with Gasteiger partial charge in [-0.1, -0.05) is 32.9 Å². The Morgan fingerprint density at radius 3 is 2.54 bits per heavy atom. The second-order valence-electron chi connectivity index (χ2n) is 6.56. The molecule has 0 saturated carbocycles. The highest BCUT2D eigenvalue weighted by atomic mass is 31.0. The summed E-state index contributed by atoms with van der Waals surface area (Å²) in [5.41, 5.74) is 1.74. The predicted octanol–water partition coefficient (Wildman–Crippen LogP) is 3.91. The first kappa shape index (κ1) is 21.2. The molecular weight excluding hydrogens is 326 g/mol. The lowest BCUT2D eigenvalue weighted by molar-refractivity contribution is -0.145. The summed E-state index contributed by atoms with van der Waals surface area (Å²) in [4.78, 5) is 0. The molecule has 1 aliphatic heterocycles. The largest absolute Gasteiger partial charge is 0.396 e. The standard InChI is InChI=1S/C16H22FO3P.C3H8/c1-10(13-5-4-12(17)7-15(13)21)6-11(8-18)14-9-19-16(2,3)20-14;1-3-2/h4-5,7,11,14,18H,1,6,8-9,21H2,2-3H3;3H2,1-2H3/t11-,14-;/m1./s1. The molecule has 1 N–H and O–H groups in total. The van der Waals surface area contributed by atoms with E-state index in [1.807, 2.05) is 13.8 Å². The fourth-order valence-electron chi connectivity index (χ4n) is 2.54. The Morgan fingerprint density at radius 2 is 2.08 bits per heavy atom. The summed E-state index contributed by atoms with van der Waals surface area (Å²) >= 11 is 0. The topological polar surface area (TPSA) is 38.7 Å². The highest BCUT2D eigenvalue weighted by Gasteiger charge is 2.37. The molecule has 5 heteroatoms. The molecule has 0 radical (unpaired) electrons. The number of hydrogen-bond donors (Lipinski definition) is 1. The van der Waals surface area contributed by atoms with E-state index in [4.69, 9.17) is 9.47 Å². The van der Waals surface area contributed by atoms with Crippen LogP contribution in [0.25, 0.3) is 5.57 Å². The van der Waals surface area contributed by atoms with Gasteiger partial charge in [-0.3, -0.25) is 0 Å². The first-order chi connectivity index (χ1) is 11.2. The van der Waals surface area contributed by atoms with Crippen molar-refractivity contribution in [2.45, 2.75) is 52.4 Å². The van der Waals surface area contributed by atoms with E-state index < -0.39 is 5.79 Å². The average Bonchev–Trinajstić information content (AvgIpc) is 2.85. The minimum absolute atomic E-state index is 0.00346. The number of benzene rings is 1. The second kappa shape index (κ2) is 9.62. The van der Waals surface area contributed by atoms with Crippen LogP contribution < -0.4 is 5.30 Å². The van der Waals surface area contributed by atoms with Crippen molar-refractivity contribution in [2.24, 2.45) is 5.92 Å². The van der Waals surface area contributed by atoms with Gasteiger partial charge in [-0.25, -0.2) is 4.39 Å². The van der Waals surface area contributed by atoms with Crippen molar-refractivity contribution < 1.29 is 19.0 Å². The number of rotatable bonds is 5. The van der Waals surface area contributed by atoms with Crippen LogP contribution in [0.1, 0.15) is 46.1 Å². The zero-order valence-electron chi connectivity index (χ0n) is 15.1. The van der Waals surface area contributed by atoms with Crippen LogP contribution in [0.3, 0.4) is 0 Å². The van der Waals surface area contributed by atoms with Crippen molar-refractivity contribution in [3.8, 4) is 0 Å². The van der Waals surface area contributed by atoms with Crippen LogP contribution in [-0.2, 0) is 9.47 Å². The molecule has 1 saturated heterocycles. The van der Waals surface area contributed by atoms with Gasteiger partial charge in [0.15, 0.2) is 5.79 Å². The monoisotopic (exact) mass is 356 g/mol. The summed E-state index contributed by atoms with van der Waals surface area (Å²) in [5.74, 6) is -0.973. The molecule has 1 heterocycles. The molecule has 0 aromatic heterocycles. The Bertz CT molecular complexity index is 545. The van der Waals surface area contributed by atoms with E-state index in [0.717, 1.165) is 16.4 Å². The Hall–Kier alpha value is -0.800. The van der Waals surface area contributed by atoms with Crippen molar-refractivity contribution in [1.29, 1.82) is 0 Å². The summed E-state index contributed by atoms with van der Waals surface area (Å²) in [7, 11) is 2.52. The zero-order chi connectivity index (χ0) is 18.3. The lowest BCUT2D eigenvalue weighted by atomic mass is 9.92. The molecule has 136 valence electrons. The molecule has 2 rings (SSSR count). The van der Waals surface area contributed by atoms with Gasteiger partial charge in [0, 0.05) is 12.5 Å². The zero-order valence-corrected chi connectivity index (χ0v) is 16.3. The number of aliphatic hydroxyl groups excluding tert-OH is 1. The van der Waals surface area contributed by atoms with E-state index in [2.05, 4.69) is 29.7 Å². The summed E-state index contributed by atoms with van der Waals surface area (Å²) in [6.07, 6.45) is 1.67. The van der Waals surface area contributed by atoms with Crippen LogP contribution in [-0.4, -0.2) is 30.2 Å². The number of halogens is 1. The average molecular weight is 356 g/mol. The van der Waals surface area contributed by atoms with E-state index >= 15 is 0 Å². The Morgan fingerprint density at radius 1 is 1.46 bits per heavy atom. The molecule has 0 amide bonds. The summed E-state index contributed by atoms with van der Waals surface area (Å²) in [6, 6.07) is 4.59. The van der Waals surface area contributed by atoms with Crippen molar-refractivity contribution in [1.82, 2.24) is 0 Å². The molecule has 0 aliphatic carbocycles. The van der Waals surface area contributed by atoms with Crippen molar-refractivity contribution in [3.63, 3.8) is 0 Å². The van der Waals surface area contributed by atoms with Gasteiger partial charge < -0.3 is 14.6 Å². The maximum absolute atomic E-state index is 13.2. The fraction of sp³-hybridized carbons (Fsp3) is 0.579. The number of ether oxygens (including phenoxy) is 2.